The van der Waals surface area contributed by atoms with E-state index in [1.54, 1.807) is 15.4 Å². The van der Waals surface area contributed by atoms with E-state index in [0.29, 0.717) is 11.0 Å². The zero-order valence-corrected chi connectivity index (χ0v) is 15.7. The topological polar surface area (TPSA) is 52.7 Å². The van der Waals surface area contributed by atoms with Gasteiger partial charge in [-0.15, -0.1) is 0 Å². The molecule has 0 saturated carbocycles. The van der Waals surface area contributed by atoms with Gasteiger partial charge in [0.25, 0.3) is 5.56 Å². The van der Waals surface area contributed by atoms with Crippen LogP contribution in [0.15, 0.2) is 71.7 Å². The van der Waals surface area contributed by atoms with Gasteiger partial charge in [0.05, 0.1) is 17.9 Å². The molecule has 2 aromatic carbocycles. The monoisotopic (exact) mass is 358 g/mol. The van der Waals surface area contributed by atoms with E-state index < -0.39 is 0 Å². The molecule has 5 nitrogen and oxygen atoms in total. The maximum absolute atomic E-state index is 13.4. The average molecular weight is 358 g/mol. The minimum Gasteiger partial charge on any atom is -0.288 e. The predicted molar refractivity (Wildman–Crippen MR) is 107 cm³/mol. The highest BCUT2D eigenvalue weighted by Crippen LogP contribution is 2.24. The van der Waals surface area contributed by atoms with Gasteiger partial charge >= 0.3 is 0 Å². The summed E-state index contributed by atoms with van der Waals surface area (Å²) in [6.07, 6.45) is 1.62. The molecule has 4 rings (SSSR count). The van der Waals surface area contributed by atoms with Crippen molar-refractivity contribution in [1.82, 2.24) is 19.3 Å². The number of benzene rings is 2. The summed E-state index contributed by atoms with van der Waals surface area (Å²) in [5.74, 6) is 0.869. The van der Waals surface area contributed by atoms with Crippen molar-refractivity contribution in [2.45, 2.75) is 32.7 Å². The van der Waals surface area contributed by atoms with Crippen LogP contribution in [0.2, 0.25) is 0 Å². The van der Waals surface area contributed by atoms with Crippen LogP contribution in [0.25, 0.3) is 16.7 Å². The first-order chi connectivity index (χ1) is 13.1. The molecule has 0 radical (unpaired) electrons. The first kappa shape index (κ1) is 17.2. The Balaban J connectivity index is 1.97. The lowest BCUT2D eigenvalue weighted by Gasteiger charge is -2.21. The quantitative estimate of drug-likeness (QED) is 0.546. The largest absolute Gasteiger partial charge is 0.288 e. The van der Waals surface area contributed by atoms with Crippen molar-refractivity contribution >= 4 is 11.0 Å². The summed E-state index contributed by atoms with van der Waals surface area (Å²) < 4.78 is 3.54. The van der Waals surface area contributed by atoms with Gasteiger partial charge < -0.3 is 0 Å². The molecular weight excluding hydrogens is 336 g/mol. The number of fused-ring (bicyclic) bond motifs is 1. The molecule has 136 valence electrons. The van der Waals surface area contributed by atoms with Crippen molar-refractivity contribution in [3.8, 4) is 5.69 Å². The van der Waals surface area contributed by atoms with Crippen LogP contribution in [0.1, 0.15) is 44.1 Å². The summed E-state index contributed by atoms with van der Waals surface area (Å²) >= 11 is 0. The first-order valence-electron chi connectivity index (χ1n) is 9.18. The van der Waals surface area contributed by atoms with Crippen molar-refractivity contribution in [2.75, 3.05) is 0 Å². The summed E-state index contributed by atoms with van der Waals surface area (Å²) in [4.78, 5) is 18.3. The highest BCUT2D eigenvalue weighted by molar-refractivity contribution is 5.75. The van der Waals surface area contributed by atoms with Gasteiger partial charge in [-0.25, -0.2) is 9.67 Å². The molecule has 0 aliphatic rings. The van der Waals surface area contributed by atoms with Crippen LogP contribution < -0.4 is 5.56 Å². The second kappa shape index (κ2) is 6.83. The van der Waals surface area contributed by atoms with E-state index in [4.69, 9.17) is 4.98 Å². The molecule has 0 amide bonds. The second-order valence-electron chi connectivity index (χ2n) is 7.02. The standard InChI is InChI=1S/C22H22N4O/c1-15(2)20-24-21-19(14-23-26(21)18-12-8-5-9-13-18)22(27)25(20)16(3)17-10-6-4-7-11-17/h4-16H,1-3H3. The highest BCUT2D eigenvalue weighted by atomic mass is 16.1. The maximum Gasteiger partial charge on any atom is 0.265 e. The molecule has 0 fully saturated rings. The van der Waals surface area contributed by atoms with Gasteiger partial charge in [-0.3, -0.25) is 9.36 Å². The normalized spacial score (nSPS) is 12.6. The minimum atomic E-state index is -0.104. The molecule has 0 aliphatic heterocycles. The summed E-state index contributed by atoms with van der Waals surface area (Å²) in [6.45, 7) is 6.16. The lowest BCUT2D eigenvalue weighted by atomic mass is 10.1. The zero-order valence-electron chi connectivity index (χ0n) is 15.7. The molecule has 0 N–H and O–H groups in total. The van der Waals surface area contributed by atoms with E-state index in [1.807, 2.05) is 67.6 Å². The fourth-order valence-corrected chi connectivity index (χ4v) is 3.42. The van der Waals surface area contributed by atoms with Gasteiger partial charge in [0.15, 0.2) is 5.65 Å². The van der Waals surface area contributed by atoms with Crippen LogP contribution in [0.5, 0.6) is 0 Å². The van der Waals surface area contributed by atoms with Gasteiger partial charge in [0.2, 0.25) is 0 Å². The summed E-state index contributed by atoms with van der Waals surface area (Å²) in [7, 11) is 0. The lowest BCUT2D eigenvalue weighted by molar-refractivity contribution is 0.548. The Bertz CT molecular complexity index is 1130. The van der Waals surface area contributed by atoms with Crippen molar-refractivity contribution in [3.05, 3.63) is 88.6 Å². The van der Waals surface area contributed by atoms with Crippen molar-refractivity contribution < 1.29 is 0 Å². The number of aromatic nitrogens is 4. The molecule has 0 saturated heterocycles. The fraction of sp³-hybridized carbons (Fsp3) is 0.227. The summed E-state index contributed by atoms with van der Waals surface area (Å²) in [5.41, 5.74) is 2.52. The van der Waals surface area contributed by atoms with Crippen LogP contribution in [-0.4, -0.2) is 19.3 Å². The third kappa shape index (κ3) is 2.95. The number of nitrogens with zero attached hydrogens (tertiary/aromatic N) is 4. The number of hydrogen-bond acceptors (Lipinski definition) is 3. The third-order valence-corrected chi connectivity index (χ3v) is 4.85. The molecule has 0 aliphatic carbocycles. The molecule has 1 atom stereocenters. The Morgan fingerprint density at radius 3 is 2.15 bits per heavy atom. The molecule has 2 heterocycles. The molecule has 1 unspecified atom stereocenters. The first-order valence-corrected chi connectivity index (χ1v) is 9.18. The van der Waals surface area contributed by atoms with Gasteiger partial charge in [-0.2, -0.15) is 5.10 Å². The van der Waals surface area contributed by atoms with Crippen LogP contribution in [0.3, 0.4) is 0 Å². The van der Waals surface area contributed by atoms with E-state index in [1.165, 1.54) is 0 Å². The molecule has 27 heavy (non-hydrogen) atoms. The van der Waals surface area contributed by atoms with Crippen molar-refractivity contribution in [2.24, 2.45) is 0 Å². The Kier molecular flexibility index (Phi) is 4.36. The minimum absolute atomic E-state index is 0.0535. The zero-order chi connectivity index (χ0) is 19.0. The van der Waals surface area contributed by atoms with Crippen molar-refractivity contribution in [1.29, 1.82) is 0 Å². The molecule has 5 heteroatoms. The summed E-state index contributed by atoms with van der Waals surface area (Å²) in [5, 5.41) is 4.97. The molecule has 0 spiro atoms. The van der Waals surface area contributed by atoms with Crippen LogP contribution in [-0.2, 0) is 0 Å². The third-order valence-electron chi connectivity index (χ3n) is 4.85. The maximum atomic E-state index is 13.4. The number of rotatable bonds is 4. The van der Waals surface area contributed by atoms with Crippen LogP contribution >= 0.6 is 0 Å². The van der Waals surface area contributed by atoms with E-state index in [9.17, 15) is 4.79 Å². The predicted octanol–water partition coefficient (Wildman–Crippen LogP) is 4.31. The molecular formula is C22H22N4O. The molecule has 0 bridgehead atoms. The van der Waals surface area contributed by atoms with E-state index in [-0.39, 0.29) is 17.5 Å². The Morgan fingerprint density at radius 2 is 1.52 bits per heavy atom. The summed E-state index contributed by atoms with van der Waals surface area (Å²) in [6, 6.07) is 19.7. The van der Waals surface area contributed by atoms with Gasteiger partial charge in [0.1, 0.15) is 11.2 Å². The van der Waals surface area contributed by atoms with Crippen LogP contribution in [0, 0.1) is 0 Å². The van der Waals surface area contributed by atoms with E-state index in [2.05, 4.69) is 18.9 Å². The Morgan fingerprint density at radius 1 is 0.889 bits per heavy atom. The number of hydrogen-bond donors (Lipinski definition) is 0. The lowest BCUT2D eigenvalue weighted by Crippen LogP contribution is -2.29. The molecule has 2 aromatic heterocycles. The average Bonchev–Trinajstić information content (AvgIpc) is 3.13. The molecule has 4 aromatic rings. The SMILES string of the molecule is CC(C)c1nc2c(cnn2-c2ccccc2)c(=O)n1C(C)c1ccccc1. The van der Waals surface area contributed by atoms with Gasteiger partial charge in [-0.1, -0.05) is 62.4 Å². The van der Waals surface area contributed by atoms with Crippen LogP contribution in [0.4, 0.5) is 0 Å². The smallest absolute Gasteiger partial charge is 0.265 e. The van der Waals surface area contributed by atoms with E-state index in [0.717, 1.165) is 17.1 Å². The van der Waals surface area contributed by atoms with Crippen molar-refractivity contribution in [3.63, 3.8) is 0 Å². The van der Waals surface area contributed by atoms with Gasteiger partial charge in [0, 0.05) is 5.92 Å². The Hall–Kier alpha value is -3.21. The number of para-hydroxylation sites is 1. The Labute approximate surface area is 157 Å². The second-order valence-corrected chi connectivity index (χ2v) is 7.02. The van der Waals surface area contributed by atoms with E-state index >= 15 is 0 Å². The van der Waals surface area contributed by atoms with Gasteiger partial charge in [-0.05, 0) is 24.6 Å². The highest BCUT2D eigenvalue weighted by Gasteiger charge is 2.21. The fourth-order valence-electron chi connectivity index (χ4n) is 3.42.